The molecule has 2 heterocycles. The summed E-state index contributed by atoms with van der Waals surface area (Å²) >= 11 is 0. The topological polar surface area (TPSA) is 64.9 Å². The van der Waals surface area contributed by atoms with E-state index in [1.54, 1.807) is 32.4 Å². The minimum absolute atomic E-state index is 0.196. The molecule has 6 heteroatoms. The van der Waals surface area contributed by atoms with Crippen molar-refractivity contribution >= 4 is 17.2 Å². The van der Waals surface area contributed by atoms with Gasteiger partial charge in [-0.15, -0.1) is 0 Å². The largest absolute Gasteiger partial charge is 0.493 e. The molecule has 3 aromatic rings. The van der Waals surface area contributed by atoms with Gasteiger partial charge in [-0.05, 0) is 37.1 Å². The highest BCUT2D eigenvalue weighted by Crippen LogP contribution is 2.30. The van der Waals surface area contributed by atoms with Gasteiger partial charge in [0.15, 0.2) is 11.5 Å². The van der Waals surface area contributed by atoms with Gasteiger partial charge >= 0.3 is 0 Å². The van der Waals surface area contributed by atoms with Crippen LogP contribution in [0.15, 0.2) is 36.5 Å². The van der Waals surface area contributed by atoms with Crippen molar-refractivity contribution in [2.24, 2.45) is 0 Å². The Morgan fingerprint density at radius 3 is 2.62 bits per heavy atom. The number of rotatable bonds is 6. The average Bonchev–Trinajstić information content (AvgIpc) is 2.99. The Morgan fingerprint density at radius 1 is 1.15 bits per heavy atom. The minimum Gasteiger partial charge on any atom is -0.493 e. The second-order valence-electron chi connectivity index (χ2n) is 6.12. The summed E-state index contributed by atoms with van der Waals surface area (Å²) in [7, 11) is 3.14. The number of ether oxygens (including phenoxy) is 2. The lowest BCUT2D eigenvalue weighted by molar-refractivity contribution is 0.102. The Bertz CT molecular complexity index is 947. The molecule has 3 rings (SSSR count). The normalized spacial score (nSPS) is 10.8. The molecule has 2 aromatic heterocycles. The van der Waals surface area contributed by atoms with E-state index < -0.39 is 0 Å². The van der Waals surface area contributed by atoms with Gasteiger partial charge in [-0.1, -0.05) is 19.4 Å². The summed E-state index contributed by atoms with van der Waals surface area (Å²) in [6.45, 7) is 4.07. The number of anilines is 1. The number of hydrogen-bond acceptors (Lipinski definition) is 4. The Balaban J connectivity index is 1.99. The van der Waals surface area contributed by atoms with Crippen LogP contribution in [-0.2, 0) is 6.42 Å². The highest BCUT2D eigenvalue weighted by atomic mass is 16.5. The third kappa shape index (κ3) is 3.35. The van der Waals surface area contributed by atoms with E-state index in [1.807, 2.05) is 29.7 Å². The number of aromatic nitrogens is 2. The van der Waals surface area contributed by atoms with Crippen molar-refractivity contribution in [1.82, 2.24) is 9.38 Å². The molecule has 0 unspecified atom stereocenters. The van der Waals surface area contributed by atoms with Crippen LogP contribution in [0, 0.1) is 6.92 Å². The SMILES string of the molecule is CCCc1nc2ccc(C)cn2c1C(=O)Nc1ccc(OC)c(OC)c1. The number of hydrogen-bond donors (Lipinski definition) is 1. The number of benzene rings is 1. The molecule has 0 fully saturated rings. The van der Waals surface area contributed by atoms with E-state index >= 15 is 0 Å². The number of aryl methyl sites for hydroxylation is 2. The Hall–Kier alpha value is -3.02. The van der Waals surface area contributed by atoms with E-state index in [0.717, 1.165) is 29.7 Å². The van der Waals surface area contributed by atoms with Gasteiger partial charge in [0.05, 0.1) is 19.9 Å². The number of imidazole rings is 1. The van der Waals surface area contributed by atoms with Crippen LogP contribution in [0.4, 0.5) is 5.69 Å². The lowest BCUT2D eigenvalue weighted by Gasteiger charge is -2.11. The molecular weight excluding hydrogens is 330 g/mol. The van der Waals surface area contributed by atoms with Gasteiger partial charge < -0.3 is 14.8 Å². The molecule has 0 saturated carbocycles. The summed E-state index contributed by atoms with van der Waals surface area (Å²) in [6.07, 6.45) is 3.60. The molecule has 0 atom stereocenters. The Labute approximate surface area is 152 Å². The van der Waals surface area contributed by atoms with Gasteiger partial charge in [0.25, 0.3) is 5.91 Å². The first-order valence-electron chi connectivity index (χ1n) is 8.58. The number of carbonyl (C=O) groups excluding carboxylic acids is 1. The number of amides is 1. The van der Waals surface area contributed by atoms with E-state index in [4.69, 9.17) is 9.47 Å². The van der Waals surface area contributed by atoms with Crippen molar-refractivity contribution in [3.63, 3.8) is 0 Å². The maximum absolute atomic E-state index is 13.0. The molecule has 0 aliphatic carbocycles. The Kier molecular flexibility index (Phi) is 5.11. The fourth-order valence-electron chi connectivity index (χ4n) is 2.96. The second kappa shape index (κ2) is 7.47. The van der Waals surface area contributed by atoms with Crippen molar-refractivity contribution < 1.29 is 14.3 Å². The van der Waals surface area contributed by atoms with Crippen LogP contribution in [0.1, 0.15) is 35.1 Å². The summed E-state index contributed by atoms with van der Waals surface area (Å²) in [6, 6.07) is 9.22. The zero-order valence-corrected chi connectivity index (χ0v) is 15.5. The predicted octanol–water partition coefficient (Wildman–Crippen LogP) is 3.86. The third-order valence-corrected chi connectivity index (χ3v) is 4.18. The lowest BCUT2D eigenvalue weighted by atomic mass is 10.2. The molecule has 6 nitrogen and oxygen atoms in total. The highest BCUT2D eigenvalue weighted by molar-refractivity contribution is 6.04. The second-order valence-corrected chi connectivity index (χ2v) is 6.12. The van der Waals surface area contributed by atoms with Crippen LogP contribution in [0.5, 0.6) is 11.5 Å². The summed E-state index contributed by atoms with van der Waals surface area (Å²) in [5.41, 5.74) is 3.85. The van der Waals surface area contributed by atoms with E-state index in [0.29, 0.717) is 22.9 Å². The Morgan fingerprint density at radius 2 is 1.92 bits per heavy atom. The molecule has 1 N–H and O–H groups in total. The van der Waals surface area contributed by atoms with Crippen molar-refractivity contribution in [2.75, 3.05) is 19.5 Å². The van der Waals surface area contributed by atoms with Gasteiger partial charge in [0, 0.05) is 18.0 Å². The number of nitrogens with one attached hydrogen (secondary N) is 1. The summed E-state index contributed by atoms with van der Waals surface area (Å²) in [5.74, 6) is 0.981. The van der Waals surface area contributed by atoms with Crippen molar-refractivity contribution in [2.45, 2.75) is 26.7 Å². The van der Waals surface area contributed by atoms with Crippen molar-refractivity contribution in [1.29, 1.82) is 0 Å². The standard InChI is InChI=1S/C20H23N3O3/c1-5-6-15-19(23-12-13(2)7-10-18(23)22-15)20(24)21-14-8-9-16(25-3)17(11-14)26-4/h7-12H,5-6H2,1-4H3,(H,21,24). The quantitative estimate of drug-likeness (QED) is 0.731. The molecule has 0 radical (unpaired) electrons. The van der Waals surface area contributed by atoms with Gasteiger partial charge in [-0.25, -0.2) is 4.98 Å². The third-order valence-electron chi connectivity index (χ3n) is 4.18. The van der Waals surface area contributed by atoms with Gasteiger partial charge in [-0.2, -0.15) is 0 Å². The average molecular weight is 353 g/mol. The zero-order chi connectivity index (χ0) is 18.7. The number of carbonyl (C=O) groups is 1. The molecule has 1 amide bonds. The van der Waals surface area contributed by atoms with Crippen LogP contribution in [0.2, 0.25) is 0 Å². The maximum atomic E-state index is 13.0. The van der Waals surface area contributed by atoms with Gasteiger partial charge in [0.2, 0.25) is 0 Å². The summed E-state index contributed by atoms with van der Waals surface area (Å²) in [4.78, 5) is 17.6. The first-order valence-corrected chi connectivity index (χ1v) is 8.58. The fourth-order valence-corrected chi connectivity index (χ4v) is 2.96. The number of pyridine rings is 1. The summed E-state index contributed by atoms with van der Waals surface area (Å²) in [5, 5.41) is 2.95. The summed E-state index contributed by atoms with van der Waals surface area (Å²) < 4.78 is 12.4. The van der Waals surface area contributed by atoms with Gasteiger partial charge in [-0.3, -0.25) is 9.20 Å². The van der Waals surface area contributed by atoms with Crippen LogP contribution in [0.25, 0.3) is 5.65 Å². The van der Waals surface area contributed by atoms with Crippen molar-refractivity contribution in [3.05, 3.63) is 53.5 Å². The first kappa shape index (κ1) is 17.8. The molecule has 136 valence electrons. The monoisotopic (exact) mass is 353 g/mol. The number of fused-ring (bicyclic) bond motifs is 1. The molecule has 0 aliphatic heterocycles. The van der Waals surface area contributed by atoms with E-state index in [-0.39, 0.29) is 5.91 Å². The highest BCUT2D eigenvalue weighted by Gasteiger charge is 2.19. The molecule has 1 aromatic carbocycles. The van der Waals surface area contributed by atoms with E-state index in [1.165, 1.54) is 0 Å². The zero-order valence-electron chi connectivity index (χ0n) is 15.5. The smallest absolute Gasteiger partial charge is 0.274 e. The van der Waals surface area contributed by atoms with Crippen LogP contribution >= 0.6 is 0 Å². The molecular formula is C20H23N3O3. The van der Waals surface area contributed by atoms with Gasteiger partial charge in [0.1, 0.15) is 11.3 Å². The van der Waals surface area contributed by atoms with E-state index in [2.05, 4.69) is 17.2 Å². The minimum atomic E-state index is -0.196. The predicted molar refractivity (Wildman–Crippen MR) is 101 cm³/mol. The fraction of sp³-hybridized carbons (Fsp3) is 0.300. The first-order chi connectivity index (χ1) is 12.6. The number of nitrogens with zero attached hydrogens (tertiary/aromatic N) is 2. The molecule has 0 aliphatic rings. The number of methoxy groups -OCH3 is 2. The lowest BCUT2D eigenvalue weighted by Crippen LogP contribution is -2.16. The van der Waals surface area contributed by atoms with Crippen LogP contribution < -0.4 is 14.8 Å². The van der Waals surface area contributed by atoms with Crippen LogP contribution in [-0.4, -0.2) is 29.5 Å². The van der Waals surface area contributed by atoms with Crippen LogP contribution in [0.3, 0.4) is 0 Å². The van der Waals surface area contributed by atoms with Crippen molar-refractivity contribution in [3.8, 4) is 11.5 Å². The molecule has 0 bridgehead atoms. The van der Waals surface area contributed by atoms with E-state index in [9.17, 15) is 4.79 Å². The maximum Gasteiger partial charge on any atom is 0.274 e. The molecule has 0 spiro atoms. The molecule has 0 saturated heterocycles. The molecule has 26 heavy (non-hydrogen) atoms.